The van der Waals surface area contributed by atoms with E-state index in [1.165, 1.54) is 12.5 Å². The monoisotopic (exact) mass is 224 g/mol. The first kappa shape index (κ1) is 12.9. The first-order valence-corrected chi connectivity index (χ1v) is 5.88. The summed E-state index contributed by atoms with van der Waals surface area (Å²) >= 11 is 0. The second-order valence-electron chi connectivity index (χ2n) is 4.19. The summed E-state index contributed by atoms with van der Waals surface area (Å²) in [4.78, 5) is 23.9. The van der Waals surface area contributed by atoms with Crippen LogP contribution in [0, 0.1) is 0 Å². The lowest BCUT2D eigenvalue weighted by Gasteiger charge is -2.15. The molecule has 0 amide bonds. The van der Waals surface area contributed by atoms with E-state index in [4.69, 9.17) is 0 Å². The Bertz CT molecular complexity index is 380. The number of nitrogens with zero attached hydrogens (tertiary/aromatic N) is 1. The Morgan fingerprint density at radius 2 is 2.00 bits per heavy atom. The van der Waals surface area contributed by atoms with E-state index in [0.717, 1.165) is 32.5 Å². The summed E-state index contributed by atoms with van der Waals surface area (Å²) in [6.45, 7) is 5.15. The largest absolute Gasteiger partial charge is 0.382 e. The predicted molar refractivity (Wildman–Crippen MR) is 66.9 cm³/mol. The van der Waals surface area contributed by atoms with Crippen LogP contribution >= 0.6 is 0 Å². The highest BCUT2D eigenvalue weighted by Crippen LogP contribution is 1.98. The van der Waals surface area contributed by atoms with Crippen LogP contribution in [0.4, 0.5) is 5.69 Å². The molecule has 4 nitrogen and oxygen atoms in total. The van der Waals surface area contributed by atoms with Gasteiger partial charge >= 0.3 is 0 Å². The molecular weight excluding hydrogens is 204 g/mol. The highest BCUT2D eigenvalue weighted by atomic mass is 16.2. The van der Waals surface area contributed by atoms with Gasteiger partial charge in [0, 0.05) is 12.6 Å². The molecule has 90 valence electrons. The molecule has 4 heteroatoms. The van der Waals surface area contributed by atoms with Crippen molar-refractivity contribution in [1.82, 2.24) is 4.90 Å². The summed E-state index contributed by atoms with van der Waals surface area (Å²) < 4.78 is 0. The third kappa shape index (κ3) is 3.77. The summed E-state index contributed by atoms with van der Waals surface area (Å²) in [6.07, 6.45) is 3.31. The SMILES string of the molecule is CCCN(C)CCCCNc1cc(=O)c1=O. The van der Waals surface area contributed by atoms with Crippen molar-refractivity contribution in [3.05, 3.63) is 26.5 Å². The molecule has 0 saturated carbocycles. The Kier molecular flexibility index (Phi) is 5.19. The minimum Gasteiger partial charge on any atom is -0.382 e. The van der Waals surface area contributed by atoms with E-state index < -0.39 is 0 Å². The lowest BCUT2D eigenvalue weighted by Crippen LogP contribution is -2.32. The Hall–Kier alpha value is -1.16. The normalized spacial score (nSPS) is 11.2. The van der Waals surface area contributed by atoms with E-state index in [9.17, 15) is 9.59 Å². The van der Waals surface area contributed by atoms with E-state index in [-0.39, 0.29) is 10.9 Å². The molecule has 1 aromatic carbocycles. The Morgan fingerprint density at radius 1 is 1.25 bits per heavy atom. The van der Waals surface area contributed by atoms with E-state index in [1.54, 1.807) is 0 Å². The van der Waals surface area contributed by atoms with Crippen molar-refractivity contribution in [1.29, 1.82) is 0 Å². The van der Waals surface area contributed by atoms with Crippen LogP contribution in [0.3, 0.4) is 0 Å². The highest BCUT2D eigenvalue weighted by Gasteiger charge is 2.07. The average Bonchev–Trinajstić information content (AvgIpc) is 2.27. The van der Waals surface area contributed by atoms with Crippen LogP contribution in [0.2, 0.25) is 0 Å². The Labute approximate surface area is 96.0 Å². The van der Waals surface area contributed by atoms with Crippen molar-refractivity contribution < 1.29 is 0 Å². The Morgan fingerprint density at radius 3 is 2.56 bits per heavy atom. The average molecular weight is 224 g/mol. The van der Waals surface area contributed by atoms with Gasteiger partial charge in [-0.15, -0.1) is 0 Å². The molecule has 0 aliphatic heterocycles. The van der Waals surface area contributed by atoms with Crippen LogP contribution in [0.1, 0.15) is 26.2 Å². The van der Waals surface area contributed by atoms with Crippen molar-refractivity contribution in [3.8, 4) is 0 Å². The molecule has 0 atom stereocenters. The van der Waals surface area contributed by atoms with Crippen molar-refractivity contribution in [2.75, 3.05) is 32.0 Å². The fourth-order valence-electron chi connectivity index (χ4n) is 1.67. The van der Waals surface area contributed by atoms with Gasteiger partial charge in [0.15, 0.2) is 0 Å². The quantitative estimate of drug-likeness (QED) is 0.524. The molecule has 0 aliphatic carbocycles. The molecule has 0 aromatic heterocycles. The summed E-state index contributed by atoms with van der Waals surface area (Å²) in [6, 6.07) is 1.37. The maximum Gasteiger partial charge on any atom is 0.248 e. The molecule has 0 saturated heterocycles. The van der Waals surface area contributed by atoms with Crippen molar-refractivity contribution in [2.45, 2.75) is 26.2 Å². The van der Waals surface area contributed by atoms with Gasteiger partial charge < -0.3 is 10.2 Å². The highest BCUT2D eigenvalue weighted by molar-refractivity contribution is 5.46. The van der Waals surface area contributed by atoms with E-state index in [2.05, 4.69) is 24.2 Å². The number of anilines is 1. The first-order chi connectivity index (χ1) is 7.65. The molecule has 16 heavy (non-hydrogen) atoms. The summed E-state index contributed by atoms with van der Waals surface area (Å²) in [5.41, 5.74) is -0.278. The summed E-state index contributed by atoms with van der Waals surface area (Å²) in [5.74, 6) is 0. The smallest absolute Gasteiger partial charge is 0.248 e. The summed E-state index contributed by atoms with van der Waals surface area (Å²) in [5, 5.41) is 2.98. The number of hydrogen-bond donors (Lipinski definition) is 1. The molecule has 0 unspecified atom stereocenters. The maximum absolute atomic E-state index is 10.9. The van der Waals surface area contributed by atoms with Crippen LogP contribution in [0.25, 0.3) is 0 Å². The van der Waals surface area contributed by atoms with E-state index in [0.29, 0.717) is 5.69 Å². The molecule has 0 spiro atoms. The molecule has 0 aliphatic rings. The summed E-state index contributed by atoms with van der Waals surface area (Å²) in [7, 11) is 2.12. The third-order valence-corrected chi connectivity index (χ3v) is 2.63. The van der Waals surface area contributed by atoms with Gasteiger partial charge in [0.05, 0.1) is 5.69 Å². The molecule has 0 bridgehead atoms. The molecule has 1 rings (SSSR count). The maximum atomic E-state index is 10.9. The van der Waals surface area contributed by atoms with Crippen LogP contribution in [-0.2, 0) is 0 Å². The second kappa shape index (κ2) is 6.43. The van der Waals surface area contributed by atoms with Gasteiger partial charge in [0.1, 0.15) is 0 Å². The lowest BCUT2D eigenvalue weighted by atomic mass is 10.2. The van der Waals surface area contributed by atoms with Gasteiger partial charge in [-0.25, -0.2) is 0 Å². The van der Waals surface area contributed by atoms with Gasteiger partial charge in [0.25, 0.3) is 0 Å². The minimum absolute atomic E-state index is 0.372. The van der Waals surface area contributed by atoms with Gasteiger partial charge in [-0.3, -0.25) is 9.59 Å². The topological polar surface area (TPSA) is 49.4 Å². The number of nitrogens with one attached hydrogen (secondary N) is 1. The molecule has 0 heterocycles. The molecule has 0 radical (unpaired) electrons. The molecule has 1 aromatic rings. The minimum atomic E-state index is -0.384. The molecule has 0 fully saturated rings. The van der Waals surface area contributed by atoms with Crippen molar-refractivity contribution in [2.24, 2.45) is 0 Å². The second-order valence-corrected chi connectivity index (χ2v) is 4.19. The predicted octanol–water partition coefficient (Wildman–Crippen LogP) is 0.817. The van der Waals surface area contributed by atoms with E-state index >= 15 is 0 Å². The fourth-order valence-corrected chi connectivity index (χ4v) is 1.67. The lowest BCUT2D eigenvalue weighted by molar-refractivity contribution is 0.328. The van der Waals surface area contributed by atoms with Gasteiger partial charge in [-0.2, -0.15) is 0 Å². The third-order valence-electron chi connectivity index (χ3n) is 2.63. The Balaban J connectivity index is 2.03. The molecular formula is C12H20N2O2. The van der Waals surface area contributed by atoms with E-state index in [1.807, 2.05) is 0 Å². The number of unbranched alkanes of at least 4 members (excludes halogenated alkanes) is 1. The zero-order chi connectivity index (χ0) is 12.0. The van der Waals surface area contributed by atoms with Crippen LogP contribution in [0.15, 0.2) is 15.7 Å². The standard InChI is InChI=1S/C12H20N2O2/c1-3-7-14(2)8-5-4-6-13-10-9-11(15)12(10)16/h9,13H,3-8H2,1-2H3. The zero-order valence-electron chi connectivity index (χ0n) is 10.1. The first-order valence-electron chi connectivity index (χ1n) is 5.88. The number of hydrogen-bond acceptors (Lipinski definition) is 4. The molecule has 1 N–H and O–H groups in total. The van der Waals surface area contributed by atoms with Gasteiger partial charge in [-0.1, -0.05) is 6.92 Å². The zero-order valence-corrected chi connectivity index (χ0v) is 10.1. The van der Waals surface area contributed by atoms with Crippen LogP contribution < -0.4 is 16.2 Å². The van der Waals surface area contributed by atoms with Crippen LogP contribution in [-0.4, -0.2) is 31.6 Å². The van der Waals surface area contributed by atoms with Crippen molar-refractivity contribution >= 4 is 5.69 Å². The number of rotatable bonds is 8. The van der Waals surface area contributed by atoms with Crippen LogP contribution in [0.5, 0.6) is 0 Å². The van der Waals surface area contributed by atoms with Gasteiger partial charge in [-0.05, 0) is 39.4 Å². The van der Waals surface area contributed by atoms with Gasteiger partial charge in [0.2, 0.25) is 10.9 Å². The van der Waals surface area contributed by atoms with Crippen molar-refractivity contribution in [3.63, 3.8) is 0 Å². The fraction of sp³-hybridized carbons (Fsp3) is 0.667.